The monoisotopic (exact) mass is 405 g/mol. The molecule has 2 aliphatic rings. The highest BCUT2D eigenvalue weighted by molar-refractivity contribution is 5.80. The third-order valence-electron chi connectivity index (χ3n) is 5.55. The number of likely N-dealkylation sites (tertiary alicyclic amines) is 1. The van der Waals surface area contributed by atoms with E-state index in [0.29, 0.717) is 19.3 Å². The Balaban J connectivity index is 1.51. The molecule has 162 valence electrons. The third-order valence-corrected chi connectivity index (χ3v) is 5.55. The van der Waals surface area contributed by atoms with Crippen LogP contribution in [0, 0.1) is 0 Å². The van der Waals surface area contributed by atoms with E-state index >= 15 is 0 Å². The first-order valence-electron chi connectivity index (χ1n) is 10.8. The zero-order valence-corrected chi connectivity index (χ0v) is 17.7. The minimum Gasteiger partial charge on any atom is -0.508 e. The lowest BCUT2D eigenvalue weighted by Crippen LogP contribution is -2.47. The summed E-state index contributed by atoms with van der Waals surface area (Å²) in [6.45, 7) is 6.68. The van der Waals surface area contributed by atoms with Gasteiger partial charge in [-0.25, -0.2) is 4.99 Å². The summed E-state index contributed by atoms with van der Waals surface area (Å²) in [6.07, 6.45) is 6.08. The number of guanidine groups is 1. The van der Waals surface area contributed by atoms with Gasteiger partial charge in [-0.1, -0.05) is 0 Å². The Morgan fingerprint density at radius 1 is 1.28 bits per heavy atom. The highest BCUT2D eigenvalue weighted by Gasteiger charge is 2.23. The summed E-state index contributed by atoms with van der Waals surface area (Å²) in [5.41, 5.74) is 0.755. The van der Waals surface area contributed by atoms with Gasteiger partial charge in [0, 0.05) is 31.8 Å². The smallest absolute Gasteiger partial charge is 0.194 e. The molecule has 0 radical (unpaired) electrons. The first-order valence-corrected chi connectivity index (χ1v) is 10.8. The number of methoxy groups -OCH3 is 1. The number of hydrogen-bond donors (Lipinski definition) is 2. The maximum Gasteiger partial charge on any atom is 0.194 e. The second-order valence-electron chi connectivity index (χ2n) is 7.67. The Morgan fingerprint density at radius 3 is 2.79 bits per heavy atom. The number of aromatic hydroxyl groups is 1. The summed E-state index contributed by atoms with van der Waals surface area (Å²) in [6, 6.07) is 5.22. The molecular formula is C22H35N3O4. The normalized spacial score (nSPS) is 21.2. The lowest BCUT2D eigenvalue weighted by Gasteiger charge is -2.35. The molecule has 7 nitrogen and oxygen atoms in total. The van der Waals surface area contributed by atoms with Gasteiger partial charge in [-0.2, -0.15) is 0 Å². The number of nitrogens with zero attached hydrogens (tertiary/aromatic N) is 2. The molecule has 0 saturated carbocycles. The Bertz CT molecular complexity index is 653. The third kappa shape index (κ3) is 6.51. The molecule has 0 aromatic heterocycles. The molecule has 0 spiro atoms. The van der Waals surface area contributed by atoms with Crippen LogP contribution in [0.1, 0.15) is 44.6 Å². The number of aliphatic imine (C=N–C) groups is 1. The molecule has 1 aromatic carbocycles. The van der Waals surface area contributed by atoms with Crippen molar-refractivity contribution in [3.63, 3.8) is 0 Å². The molecule has 1 aromatic rings. The van der Waals surface area contributed by atoms with Crippen LogP contribution in [-0.4, -0.2) is 68.1 Å². The molecule has 2 aliphatic heterocycles. The summed E-state index contributed by atoms with van der Waals surface area (Å²) in [5.74, 6) is 1.84. The molecule has 2 fully saturated rings. The van der Waals surface area contributed by atoms with E-state index in [1.807, 2.05) is 6.07 Å². The summed E-state index contributed by atoms with van der Waals surface area (Å²) < 4.78 is 17.1. The van der Waals surface area contributed by atoms with Crippen LogP contribution in [-0.2, 0) is 16.0 Å². The van der Waals surface area contributed by atoms with E-state index in [0.717, 1.165) is 62.8 Å². The van der Waals surface area contributed by atoms with Crippen molar-refractivity contribution in [1.82, 2.24) is 10.2 Å². The van der Waals surface area contributed by atoms with E-state index in [2.05, 4.69) is 17.1 Å². The van der Waals surface area contributed by atoms with Crippen molar-refractivity contribution in [3.8, 4) is 11.5 Å². The maximum absolute atomic E-state index is 10.1. The van der Waals surface area contributed by atoms with Gasteiger partial charge < -0.3 is 29.5 Å². The van der Waals surface area contributed by atoms with Crippen LogP contribution in [0.25, 0.3) is 0 Å². The van der Waals surface area contributed by atoms with Crippen molar-refractivity contribution in [3.05, 3.63) is 23.8 Å². The zero-order chi connectivity index (χ0) is 20.5. The van der Waals surface area contributed by atoms with Crippen LogP contribution in [0.15, 0.2) is 23.2 Å². The predicted molar refractivity (Wildman–Crippen MR) is 114 cm³/mol. The van der Waals surface area contributed by atoms with Crippen molar-refractivity contribution in [2.24, 2.45) is 4.99 Å². The van der Waals surface area contributed by atoms with Crippen LogP contribution in [0.5, 0.6) is 11.5 Å². The van der Waals surface area contributed by atoms with Crippen molar-refractivity contribution < 1.29 is 19.3 Å². The second kappa shape index (κ2) is 11.3. The molecule has 1 unspecified atom stereocenters. The van der Waals surface area contributed by atoms with Gasteiger partial charge in [-0.3, -0.25) is 0 Å². The van der Waals surface area contributed by atoms with Gasteiger partial charge in [0.25, 0.3) is 0 Å². The SMILES string of the molecule is CCNC(=NCc1cc(OC)ccc1O)N1CCC(OCC2CCCCO2)CC1. The van der Waals surface area contributed by atoms with Crippen LogP contribution in [0.4, 0.5) is 0 Å². The number of nitrogens with one attached hydrogen (secondary N) is 1. The molecular weight excluding hydrogens is 370 g/mol. The van der Waals surface area contributed by atoms with E-state index in [-0.39, 0.29) is 11.9 Å². The van der Waals surface area contributed by atoms with Crippen molar-refractivity contribution in [2.75, 3.05) is 40.0 Å². The first kappa shape index (κ1) is 21.7. The molecule has 1 atom stereocenters. The fourth-order valence-corrected chi connectivity index (χ4v) is 3.82. The van der Waals surface area contributed by atoms with Gasteiger partial charge in [0.2, 0.25) is 0 Å². The average molecular weight is 406 g/mol. The Kier molecular flexibility index (Phi) is 8.43. The van der Waals surface area contributed by atoms with Gasteiger partial charge >= 0.3 is 0 Å². The summed E-state index contributed by atoms with van der Waals surface area (Å²) in [5, 5.41) is 13.5. The summed E-state index contributed by atoms with van der Waals surface area (Å²) in [7, 11) is 1.62. The van der Waals surface area contributed by atoms with Crippen LogP contribution < -0.4 is 10.1 Å². The number of benzene rings is 1. The van der Waals surface area contributed by atoms with E-state index in [4.69, 9.17) is 19.2 Å². The van der Waals surface area contributed by atoms with Gasteiger partial charge in [0.05, 0.1) is 32.5 Å². The van der Waals surface area contributed by atoms with E-state index < -0.39 is 0 Å². The van der Waals surface area contributed by atoms with Crippen LogP contribution in [0.3, 0.4) is 0 Å². The molecule has 0 bridgehead atoms. The maximum atomic E-state index is 10.1. The average Bonchev–Trinajstić information content (AvgIpc) is 2.77. The van der Waals surface area contributed by atoms with E-state index in [9.17, 15) is 5.11 Å². The Labute approximate surface area is 174 Å². The zero-order valence-electron chi connectivity index (χ0n) is 17.7. The number of rotatable bonds is 7. The molecule has 7 heteroatoms. The second-order valence-corrected chi connectivity index (χ2v) is 7.67. The molecule has 29 heavy (non-hydrogen) atoms. The lowest BCUT2D eigenvalue weighted by atomic mass is 10.1. The molecule has 2 heterocycles. The standard InChI is InChI=1S/C22H35N3O4/c1-3-23-22(24-15-17-14-19(27-2)7-8-21(17)26)25-11-9-18(10-12-25)29-16-20-6-4-5-13-28-20/h7-8,14,18,20,26H,3-6,9-13,15-16H2,1-2H3,(H,23,24). The Morgan fingerprint density at radius 2 is 2.10 bits per heavy atom. The summed E-state index contributed by atoms with van der Waals surface area (Å²) in [4.78, 5) is 7.02. The van der Waals surface area contributed by atoms with Gasteiger partial charge in [-0.05, 0) is 57.2 Å². The van der Waals surface area contributed by atoms with Gasteiger partial charge in [0.15, 0.2) is 5.96 Å². The van der Waals surface area contributed by atoms with E-state index in [1.54, 1.807) is 19.2 Å². The number of phenols is 1. The molecule has 2 saturated heterocycles. The quantitative estimate of drug-likeness (QED) is 0.537. The van der Waals surface area contributed by atoms with Crippen LogP contribution in [0.2, 0.25) is 0 Å². The van der Waals surface area contributed by atoms with Gasteiger partial charge in [-0.15, -0.1) is 0 Å². The largest absolute Gasteiger partial charge is 0.508 e. The molecule has 3 rings (SSSR count). The van der Waals surface area contributed by atoms with Gasteiger partial charge in [0.1, 0.15) is 11.5 Å². The summed E-state index contributed by atoms with van der Waals surface area (Å²) >= 11 is 0. The predicted octanol–water partition coefficient (Wildman–Crippen LogP) is 2.92. The van der Waals surface area contributed by atoms with Crippen molar-refractivity contribution in [1.29, 1.82) is 0 Å². The highest BCUT2D eigenvalue weighted by atomic mass is 16.5. The minimum atomic E-state index is 0.238. The Hall–Kier alpha value is -1.99. The lowest BCUT2D eigenvalue weighted by molar-refractivity contribution is -0.0721. The molecule has 0 aliphatic carbocycles. The van der Waals surface area contributed by atoms with E-state index in [1.165, 1.54) is 12.8 Å². The minimum absolute atomic E-state index is 0.238. The fourth-order valence-electron chi connectivity index (χ4n) is 3.82. The number of ether oxygens (including phenoxy) is 3. The fraction of sp³-hybridized carbons (Fsp3) is 0.682. The number of piperidine rings is 1. The van der Waals surface area contributed by atoms with Crippen molar-refractivity contribution in [2.45, 2.75) is 57.8 Å². The van der Waals surface area contributed by atoms with Crippen LogP contribution >= 0.6 is 0 Å². The topological polar surface area (TPSA) is 75.6 Å². The highest BCUT2D eigenvalue weighted by Crippen LogP contribution is 2.24. The van der Waals surface area contributed by atoms with Crippen molar-refractivity contribution >= 4 is 5.96 Å². The molecule has 2 N–H and O–H groups in total. The first-order chi connectivity index (χ1) is 14.2. The number of phenolic OH excluding ortho intramolecular Hbond substituents is 1. The molecule has 0 amide bonds. The number of hydrogen-bond acceptors (Lipinski definition) is 5.